The van der Waals surface area contributed by atoms with E-state index in [9.17, 15) is 14.9 Å². The Hall–Kier alpha value is -2.44. The first-order valence-corrected chi connectivity index (χ1v) is 10.4. The second-order valence-corrected chi connectivity index (χ2v) is 7.92. The molecular formula is C22H26ClN3O3. The largest absolute Gasteiger partial charge is 0.350 e. The van der Waals surface area contributed by atoms with Crippen molar-refractivity contribution in [3.05, 3.63) is 74.3 Å². The fraction of sp³-hybridized carbons (Fsp3) is 0.409. The summed E-state index contributed by atoms with van der Waals surface area (Å²) < 4.78 is 0. The highest BCUT2D eigenvalue weighted by Crippen LogP contribution is 2.26. The lowest BCUT2D eigenvalue weighted by Gasteiger charge is -2.31. The Balaban J connectivity index is 1.77. The first-order valence-electron chi connectivity index (χ1n) is 9.98. The SMILES string of the molecule is Cc1ccc([C@@H](CNC(=O)c2ccc(Cl)c([N+](=O)[O-])c2)N2CCCCCC2)cc1. The zero-order chi connectivity index (χ0) is 20.8. The summed E-state index contributed by atoms with van der Waals surface area (Å²) in [4.78, 5) is 25.6. The molecule has 1 aliphatic heterocycles. The Morgan fingerprint density at radius 3 is 2.41 bits per heavy atom. The number of benzene rings is 2. The van der Waals surface area contributed by atoms with Gasteiger partial charge in [0, 0.05) is 18.2 Å². The maximum Gasteiger partial charge on any atom is 0.288 e. The Morgan fingerprint density at radius 2 is 1.79 bits per heavy atom. The van der Waals surface area contributed by atoms with Crippen molar-refractivity contribution in [2.45, 2.75) is 38.6 Å². The fourth-order valence-corrected chi connectivity index (χ4v) is 3.92. The molecule has 6 nitrogen and oxygen atoms in total. The molecule has 0 spiro atoms. The molecule has 0 saturated carbocycles. The molecule has 29 heavy (non-hydrogen) atoms. The summed E-state index contributed by atoms with van der Waals surface area (Å²) in [6.45, 7) is 4.50. The maximum absolute atomic E-state index is 12.7. The van der Waals surface area contributed by atoms with E-state index in [2.05, 4.69) is 41.4 Å². The minimum Gasteiger partial charge on any atom is -0.350 e. The van der Waals surface area contributed by atoms with Crippen molar-refractivity contribution in [2.24, 2.45) is 0 Å². The number of carbonyl (C=O) groups excluding carboxylic acids is 1. The molecule has 3 rings (SSSR count). The van der Waals surface area contributed by atoms with Gasteiger partial charge in [0.25, 0.3) is 11.6 Å². The van der Waals surface area contributed by atoms with Crippen LogP contribution in [0.25, 0.3) is 0 Å². The molecule has 154 valence electrons. The predicted molar refractivity (Wildman–Crippen MR) is 114 cm³/mol. The van der Waals surface area contributed by atoms with Gasteiger partial charge in [-0.05, 0) is 50.6 Å². The Bertz CT molecular complexity index is 862. The van der Waals surface area contributed by atoms with Crippen molar-refractivity contribution in [3.8, 4) is 0 Å². The van der Waals surface area contributed by atoms with Crippen molar-refractivity contribution in [1.82, 2.24) is 10.2 Å². The molecule has 0 bridgehead atoms. The smallest absolute Gasteiger partial charge is 0.288 e. The van der Waals surface area contributed by atoms with Gasteiger partial charge in [-0.25, -0.2) is 0 Å². The molecule has 1 atom stereocenters. The van der Waals surface area contributed by atoms with Crippen LogP contribution in [0.15, 0.2) is 42.5 Å². The average Bonchev–Trinajstić information content (AvgIpc) is 2.99. The summed E-state index contributed by atoms with van der Waals surface area (Å²) >= 11 is 5.85. The highest BCUT2D eigenvalue weighted by atomic mass is 35.5. The molecule has 0 unspecified atom stereocenters. The number of hydrogen-bond acceptors (Lipinski definition) is 4. The number of rotatable bonds is 6. The van der Waals surface area contributed by atoms with Gasteiger partial charge in [-0.15, -0.1) is 0 Å². The molecule has 1 N–H and O–H groups in total. The van der Waals surface area contributed by atoms with Gasteiger partial charge >= 0.3 is 0 Å². The number of nitrogens with zero attached hydrogens (tertiary/aromatic N) is 2. The third-order valence-electron chi connectivity index (χ3n) is 5.40. The summed E-state index contributed by atoms with van der Waals surface area (Å²) in [6.07, 6.45) is 4.77. The van der Waals surface area contributed by atoms with Crippen molar-refractivity contribution in [3.63, 3.8) is 0 Å². The van der Waals surface area contributed by atoms with Gasteiger partial charge in [0.05, 0.1) is 11.0 Å². The lowest BCUT2D eigenvalue weighted by Crippen LogP contribution is -2.38. The van der Waals surface area contributed by atoms with E-state index in [1.54, 1.807) is 0 Å². The minimum absolute atomic E-state index is 0.0219. The van der Waals surface area contributed by atoms with Crippen LogP contribution in [0.5, 0.6) is 0 Å². The van der Waals surface area contributed by atoms with E-state index < -0.39 is 4.92 Å². The Morgan fingerprint density at radius 1 is 1.14 bits per heavy atom. The van der Waals surface area contributed by atoms with Crippen LogP contribution in [0.1, 0.15) is 53.2 Å². The summed E-state index contributed by atoms with van der Waals surface area (Å²) in [7, 11) is 0. The molecule has 2 aromatic rings. The highest BCUT2D eigenvalue weighted by Gasteiger charge is 2.23. The number of carbonyl (C=O) groups is 1. The quantitative estimate of drug-likeness (QED) is 0.537. The van der Waals surface area contributed by atoms with Crippen LogP contribution in [-0.2, 0) is 0 Å². The van der Waals surface area contributed by atoms with E-state index in [4.69, 9.17) is 11.6 Å². The van der Waals surface area contributed by atoms with Gasteiger partial charge in [0.2, 0.25) is 0 Å². The molecule has 0 aliphatic carbocycles. The number of amides is 1. The highest BCUT2D eigenvalue weighted by molar-refractivity contribution is 6.32. The zero-order valence-electron chi connectivity index (χ0n) is 16.6. The molecule has 1 fully saturated rings. The van der Waals surface area contributed by atoms with Crippen molar-refractivity contribution in [1.29, 1.82) is 0 Å². The van der Waals surface area contributed by atoms with Crippen LogP contribution in [0.4, 0.5) is 5.69 Å². The van der Waals surface area contributed by atoms with Gasteiger partial charge in [0.15, 0.2) is 0 Å². The molecule has 0 radical (unpaired) electrons. The van der Waals surface area contributed by atoms with Crippen LogP contribution in [0, 0.1) is 17.0 Å². The molecule has 1 aliphatic rings. The normalized spacial score (nSPS) is 16.1. The average molecular weight is 416 g/mol. The van der Waals surface area contributed by atoms with Gasteiger partial charge in [-0.3, -0.25) is 19.8 Å². The van der Waals surface area contributed by atoms with E-state index in [1.807, 2.05) is 0 Å². The summed E-state index contributed by atoms with van der Waals surface area (Å²) in [5, 5.41) is 14.1. The topological polar surface area (TPSA) is 75.5 Å². The van der Waals surface area contributed by atoms with Crippen molar-refractivity contribution in [2.75, 3.05) is 19.6 Å². The number of nitrogens with one attached hydrogen (secondary N) is 1. The molecule has 1 saturated heterocycles. The maximum atomic E-state index is 12.7. The van der Waals surface area contributed by atoms with E-state index in [1.165, 1.54) is 42.2 Å². The van der Waals surface area contributed by atoms with Crippen LogP contribution < -0.4 is 5.32 Å². The summed E-state index contributed by atoms with van der Waals surface area (Å²) in [6, 6.07) is 12.6. The molecular weight excluding hydrogens is 390 g/mol. The monoisotopic (exact) mass is 415 g/mol. The number of nitro benzene ring substituents is 1. The van der Waals surface area contributed by atoms with Crippen LogP contribution in [0.2, 0.25) is 5.02 Å². The number of nitro groups is 1. The second-order valence-electron chi connectivity index (χ2n) is 7.51. The Labute approximate surface area is 176 Å². The van der Waals surface area contributed by atoms with Gasteiger partial charge in [-0.2, -0.15) is 0 Å². The number of likely N-dealkylation sites (tertiary alicyclic amines) is 1. The molecule has 7 heteroatoms. The predicted octanol–water partition coefficient (Wildman–Crippen LogP) is 4.90. The molecule has 1 amide bonds. The summed E-state index contributed by atoms with van der Waals surface area (Å²) in [5.41, 5.74) is 2.34. The minimum atomic E-state index is -0.578. The van der Waals surface area contributed by atoms with Crippen LogP contribution in [-0.4, -0.2) is 35.4 Å². The fourth-order valence-electron chi connectivity index (χ4n) is 3.74. The molecule has 0 aromatic heterocycles. The van der Waals surface area contributed by atoms with Crippen LogP contribution in [0.3, 0.4) is 0 Å². The first-order chi connectivity index (χ1) is 14.0. The number of halogens is 1. The zero-order valence-corrected chi connectivity index (χ0v) is 17.3. The van der Waals surface area contributed by atoms with Gasteiger partial charge < -0.3 is 5.32 Å². The lowest BCUT2D eigenvalue weighted by atomic mass is 10.0. The number of hydrogen-bond donors (Lipinski definition) is 1. The molecule has 1 heterocycles. The lowest BCUT2D eigenvalue weighted by molar-refractivity contribution is -0.384. The van der Waals surface area contributed by atoms with Crippen molar-refractivity contribution >= 4 is 23.2 Å². The van der Waals surface area contributed by atoms with Gasteiger partial charge in [0.1, 0.15) is 5.02 Å². The first kappa shape index (κ1) is 21.3. The Kier molecular flexibility index (Phi) is 7.23. The third kappa shape index (κ3) is 5.55. The summed E-state index contributed by atoms with van der Waals surface area (Å²) in [5.74, 6) is -0.336. The third-order valence-corrected chi connectivity index (χ3v) is 5.72. The number of aryl methyl sites for hydroxylation is 1. The van der Waals surface area contributed by atoms with Gasteiger partial charge in [-0.1, -0.05) is 54.3 Å². The van der Waals surface area contributed by atoms with E-state index >= 15 is 0 Å². The second kappa shape index (κ2) is 9.85. The van der Waals surface area contributed by atoms with E-state index in [-0.39, 0.29) is 28.2 Å². The van der Waals surface area contributed by atoms with Crippen LogP contribution >= 0.6 is 11.6 Å². The van der Waals surface area contributed by atoms with E-state index in [0.29, 0.717) is 6.54 Å². The van der Waals surface area contributed by atoms with E-state index in [0.717, 1.165) is 25.9 Å². The standard InChI is InChI=1S/C22H26ClN3O3/c1-16-6-8-17(9-7-16)21(25-12-4-2-3-5-13-25)15-24-22(27)18-10-11-19(23)20(14-18)26(28)29/h6-11,14,21H,2-5,12-13,15H2,1H3,(H,24,27)/t21-/m1/s1. The van der Waals surface area contributed by atoms with Crippen molar-refractivity contribution < 1.29 is 9.72 Å². The molecule has 2 aromatic carbocycles.